The molecular weight excluding hydrogens is 867 g/mol. The Morgan fingerprint density at radius 3 is 1.61 bits per heavy atom. The number of carbonyl (C=O) groups is 1. The van der Waals surface area contributed by atoms with Gasteiger partial charge in [0.2, 0.25) is 10.0 Å². The van der Waals surface area contributed by atoms with E-state index in [0.717, 1.165) is 95.7 Å². The smallest absolute Gasteiger partial charge is 0.306 e. The van der Waals surface area contributed by atoms with E-state index in [-0.39, 0.29) is 42.8 Å². The Hall–Kier alpha value is -5.22. The van der Waals surface area contributed by atoms with E-state index in [9.17, 15) is 13.2 Å². The lowest BCUT2D eigenvalue weighted by atomic mass is 9.95. The summed E-state index contributed by atoms with van der Waals surface area (Å²) in [5, 5.41) is 31.5. The number of rotatable bonds is 13. The molecule has 4 aliphatic rings. The molecule has 0 aromatic heterocycles. The van der Waals surface area contributed by atoms with E-state index in [1.54, 1.807) is 12.1 Å². The number of nitrogens with zero attached hydrogens (tertiary/aromatic N) is 2. The van der Waals surface area contributed by atoms with Gasteiger partial charge >= 0.3 is 5.97 Å². The van der Waals surface area contributed by atoms with Crippen LogP contribution in [0.1, 0.15) is 82.1 Å². The summed E-state index contributed by atoms with van der Waals surface area (Å²) in [6, 6.07) is 39.8. The van der Waals surface area contributed by atoms with Gasteiger partial charge in [0.15, 0.2) is 0 Å². The number of benzene rings is 5. The summed E-state index contributed by atoms with van der Waals surface area (Å²) in [6.45, 7) is 11.2. The molecule has 0 aliphatic carbocycles. The van der Waals surface area contributed by atoms with Crippen molar-refractivity contribution >= 4 is 21.7 Å². The molecule has 67 heavy (non-hydrogen) atoms. The first-order chi connectivity index (χ1) is 32.6. The number of carboxylic acids is 1. The monoisotopic (exact) mass is 933 g/mol. The molecule has 5 aromatic rings. The molecule has 3 atom stereocenters. The van der Waals surface area contributed by atoms with E-state index in [1.807, 2.05) is 60.7 Å². The predicted octanol–water partition coefficient (Wildman–Crippen LogP) is 7.57. The highest BCUT2D eigenvalue weighted by molar-refractivity contribution is 7.89. The lowest BCUT2D eigenvalue weighted by Crippen LogP contribution is -2.47. The van der Waals surface area contributed by atoms with Gasteiger partial charge in [0.1, 0.15) is 0 Å². The predicted molar refractivity (Wildman–Crippen MR) is 263 cm³/mol. The van der Waals surface area contributed by atoms with Gasteiger partial charge in [-0.3, -0.25) is 9.69 Å². The highest BCUT2D eigenvalue weighted by atomic mass is 32.2. The molecule has 13 heteroatoms. The maximum atomic E-state index is 11.4. The molecule has 5 aromatic carbocycles. The summed E-state index contributed by atoms with van der Waals surface area (Å²) in [5.41, 5.74) is 11.2. The Bertz CT molecular complexity index is 2420. The van der Waals surface area contributed by atoms with Crippen LogP contribution in [0.2, 0.25) is 0 Å². The third-order valence-corrected chi connectivity index (χ3v) is 13.4. The molecule has 4 aliphatic heterocycles. The Morgan fingerprint density at radius 1 is 0.642 bits per heavy atom. The lowest BCUT2D eigenvalue weighted by Gasteiger charge is -2.37. The maximum Gasteiger partial charge on any atom is 0.306 e. The Balaban J connectivity index is 0.000000160. The molecule has 9 rings (SSSR count). The highest BCUT2D eigenvalue weighted by Crippen LogP contribution is 2.32. The first kappa shape index (κ1) is 51.2. The molecule has 12 nitrogen and oxygen atoms in total. The van der Waals surface area contributed by atoms with E-state index in [0.29, 0.717) is 13.0 Å². The Labute approximate surface area is 396 Å². The van der Waals surface area contributed by atoms with E-state index in [2.05, 4.69) is 71.0 Å². The maximum absolute atomic E-state index is 11.4. The quantitative estimate of drug-likeness (QED) is 0.0859. The number of fused-ring (bicyclic) bond motifs is 3. The van der Waals surface area contributed by atoms with Crippen molar-refractivity contribution < 1.29 is 42.7 Å². The molecule has 4 heterocycles. The zero-order chi connectivity index (χ0) is 47.4. The number of piperazine rings is 1. The largest absolute Gasteiger partial charge is 0.481 e. The molecule has 1 fully saturated rings. The van der Waals surface area contributed by atoms with Crippen molar-refractivity contribution in [3.05, 3.63) is 178 Å². The minimum absolute atomic E-state index is 0.0526. The van der Waals surface area contributed by atoms with Crippen molar-refractivity contribution in [3.8, 4) is 0 Å². The fourth-order valence-corrected chi connectivity index (χ4v) is 9.52. The Morgan fingerprint density at radius 2 is 1.12 bits per heavy atom. The van der Waals surface area contributed by atoms with Crippen molar-refractivity contribution in [1.29, 1.82) is 0 Å². The molecule has 0 saturated carbocycles. The molecule has 0 amide bonds. The normalized spacial score (nSPS) is 18.7. The van der Waals surface area contributed by atoms with Gasteiger partial charge in [-0.1, -0.05) is 103 Å². The summed E-state index contributed by atoms with van der Waals surface area (Å²) >= 11 is 0. The van der Waals surface area contributed by atoms with Crippen molar-refractivity contribution in [2.75, 3.05) is 70.7 Å². The molecule has 5 N–H and O–H groups in total. The molecule has 0 bridgehead atoms. The van der Waals surface area contributed by atoms with Crippen LogP contribution in [0, 0.1) is 0 Å². The summed E-state index contributed by atoms with van der Waals surface area (Å²) in [6.07, 6.45) is 8.21. The van der Waals surface area contributed by atoms with E-state index >= 15 is 0 Å². The van der Waals surface area contributed by atoms with Crippen molar-refractivity contribution in [2.24, 2.45) is 5.14 Å². The number of aliphatic hydroxyl groups excluding tert-OH is 2. The molecule has 358 valence electrons. The molecule has 0 unspecified atom stereocenters. The average molecular weight is 934 g/mol. The van der Waals surface area contributed by atoms with Crippen molar-refractivity contribution in [1.82, 2.24) is 4.90 Å². The minimum Gasteiger partial charge on any atom is -0.481 e. The molecule has 1 saturated heterocycles. The number of aliphatic carboxylic acids is 1. The number of primary sulfonamides is 1. The lowest BCUT2D eigenvalue weighted by molar-refractivity contribution is -0.140. The number of hydrogen-bond acceptors (Lipinski definition) is 10. The summed E-state index contributed by atoms with van der Waals surface area (Å²) in [4.78, 5) is 15.5. The van der Waals surface area contributed by atoms with E-state index < -0.39 is 16.0 Å². The van der Waals surface area contributed by atoms with Gasteiger partial charge in [-0.25, -0.2) is 13.6 Å². The summed E-state index contributed by atoms with van der Waals surface area (Å²) in [7, 11) is -3.64. The summed E-state index contributed by atoms with van der Waals surface area (Å²) in [5.74, 6) is -0.813. The first-order valence-electron chi connectivity index (χ1n) is 23.4. The van der Waals surface area contributed by atoms with Crippen LogP contribution in [0.3, 0.4) is 0 Å². The van der Waals surface area contributed by atoms with Crippen LogP contribution in [0.4, 0.5) is 5.69 Å². The van der Waals surface area contributed by atoms with Gasteiger partial charge in [-0.15, -0.1) is 6.58 Å². The third kappa shape index (κ3) is 15.4. The zero-order valence-corrected chi connectivity index (χ0v) is 39.3. The minimum atomic E-state index is -3.64. The highest BCUT2D eigenvalue weighted by Gasteiger charge is 2.25. The SMILES string of the molecule is C=CCc1ccccc1CCO.NS(=O)(=O)c1ccc(N2CCN(CC[C@@H]3OCCc4ccccc43)CC2)cc1.O=C(O)C[C@@H]1OCCc2ccccc21.OCC[C@@H]1OCCc2ccccc21. The third-order valence-electron chi connectivity index (χ3n) is 12.5. The van der Waals surface area contributed by atoms with Crippen LogP contribution in [0.25, 0.3) is 0 Å². The van der Waals surface area contributed by atoms with Gasteiger partial charge in [0.25, 0.3) is 0 Å². The number of allylic oxidation sites excluding steroid dienone is 1. The molecule has 0 spiro atoms. The second kappa shape index (κ2) is 26.4. The second-order valence-electron chi connectivity index (χ2n) is 16.9. The van der Waals surface area contributed by atoms with Gasteiger partial charge in [0.05, 0.1) is 49.4 Å². The number of nitrogens with two attached hydrogens (primary N) is 1. The topological polar surface area (TPSA) is 172 Å². The van der Waals surface area contributed by atoms with E-state index in [4.69, 9.17) is 34.7 Å². The Kier molecular flexibility index (Phi) is 20.1. The average Bonchev–Trinajstić information content (AvgIpc) is 3.35. The van der Waals surface area contributed by atoms with Gasteiger partial charge < -0.3 is 34.4 Å². The van der Waals surface area contributed by atoms with Gasteiger partial charge in [-0.05, 0) is 107 Å². The second-order valence-corrected chi connectivity index (χ2v) is 18.5. The number of anilines is 1. The van der Waals surface area contributed by atoms with Crippen molar-refractivity contribution in [2.45, 2.75) is 74.6 Å². The first-order valence-corrected chi connectivity index (χ1v) is 24.9. The molecule has 0 radical (unpaired) electrons. The number of aliphatic hydroxyl groups is 2. The van der Waals surface area contributed by atoms with Gasteiger partial charge in [0, 0.05) is 58.0 Å². The number of sulfonamides is 1. The van der Waals surface area contributed by atoms with Crippen LogP contribution < -0.4 is 10.0 Å². The van der Waals surface area contributed by atoms with Crippen LogP contribution in [-0.4, -0.2) is 100 Å². The fourth-order valence-electron chi connectivity index (χ4n) is 9.01. The number of ether oxygens (including phenoxy) is 3. The standard InChI is InChI=1S/C21H27N3O3S.C11H12O3.C11H14O2.C11H14O/c22-28(25,26)19-7-5-18(6-8-19)24-14-12-23(13-15-24)11-9-21-20-4-2-1-3-17(20)10-16-27-21;12-11(13)7-10-9-4-2-1-3-8(9)5-6-14-10;12-7-5-11-10-4-2-1-3-9(10)6-8-13-11;1-2-5-10-6-3-4-7-11(10)8-9-12/h1-8,21H,9-16H2,(H2,22,25,26);1-4,10H,5-7H2,(H,12,13);1-4,11-12H,5-8H2;2-4,6-7,12H,1,5,8-9H2/t21-;10-;11-;/m000./s1. The van der Waals surface area contributed by atoms with Crippen molar-refractivity contribution in [3.63, 3.8) is 0 Å². The van der Waals surface area contributed by atoms with Crippen LogP contribution >= 0.6 is 0 Å². The van der Waals surface area contributed by atoms with E-state index in [1.165, 1.54) is 38.9 Å². The van der Waals surface area contributed by atoms with Crippen LogP contribution in [0.15, 0.2) is 139 Å². The number of carboxylic acid groups (broad SMARTS) is 1. The van der Waals surface area contributed by atoms with Gasteiger partial charge in [-0.2, -0.15) is 0 Å². The van der Waals surface area contributed by atoms with Crippen LogP contribution in [0.5, 0.6) is 0 Å². The van der Waals surface area contributed by atoms with Crippen LogP contribution in [-0.2, 0) is 61.1 Å². The molecular formula is C54H67N3O9S. The zero-order valence-electron chi connectivity index (χ0n) is 38.5. The number of hydrogen-bond donors (Lipinski definition) is 4. The fraction of sp³-hybridized carbons (Fsp3) is 0.389. The summed E-state index contributed by atoms with van der Waals surface area (Å²) < 4.78 is 39.8.